The first-order chi connectivity index (χ1) is 11.8. The van der Waals surface area contributed by atoms with Gasteiger partial charge in [0.25, 0.3) is 5.91 Å². The van der Waals surface area contributed by atoms with Crippen LogP contribution < -0.4 is 5.32 Å². The molecule has 132 valence electrons. The van der Waals surface area contributed by atoms with Crippen LogP contribution in [0.4, 0.5) is 5.69 Å². The first kappa shape index (κ1) is 19.0. The summed E-state index contributed by atoms with van der Waals surface area (Å²) in [5.41, 5.74) is 2.75. The lowest BCUT2D eigenvalue weighted by atomic mass is 10.2. The number of halogens is 2. The first-order valence-corrected chi connectivity index (χ1v) is 8.13. The number of nitrogens with zero attached hydrogens (tertiary/aromatic N) is 2. The van der Waals surface area contributed by atoms with E-state index in [9.17, 15) is 9.59 Å². The van der Waals surface area contributed by atoms with Gasteiger partial charge in [-0.2, -0.15) is 5.10 Å². The van der Waals surface area contributed by atoms with Crippen molar-refractivity contribution in [3.8, 4) is 0 Å². The fraction of sp³-hybridized carbons (Fsp3) is 0.235. The van der Waals surface area contributed by atoms with E-state index in [-0.39, 0.29) is 0 Å². The molecule has 1 heterocycles. The first-order valence-electron chi connectivity index (χ1n) is 7.38. The average molecular weight is 382 g/mol. The van der Waals surface area contributed by atoms with Gasteiger partial charge in [-0.1, -0.05) is 29.3 Å². The molecule has 0 aliphatic heterocycles. The minimum Gasteiger partial charge on any atom is -0.452 e. The van der Waals surface area contributed by atoms with E-state index in [1.807, 2.05) is 6.92 Å². The Morgan fingerprint density at radius 2 is 2.04 bits per heavy atom. The number of esters is 1. The van der Waals surface area contributed by atoms with E-state index in [1.54, 1.807) is 32.2 Å². The molecule has 0 radical (unpaired) electrons. The maximum absolute atomic E-state index is 11.8. The van der Waals surface area contributed by atoms with Gasteiger partial charge in [0.15, 0.2) is 6.61 Å². The van der Waals surface area contributed by atoms with Gasteiger partial charge in [-0.05, 0) is 37.6 Å². The summed E-state index contributed by atoms with van der Waals surface area (Å²) >= 11 is 12.0. The van der Waals surface area contributed by atoms with E-state index in [0.717, 1.165) is 5.56 Å². The summed E-state index contributed by atoms with van der Waals surface area (Å²) in [6.07, 6.45) is 2.70. The van der Waals surface area contributed by atoms with E-state index < -0.39 is 18.5 Å². The highest BCUT2D eigenvalue weighted by Gasteiger charge is 2.10. The molecule has 1 aromatic heterocycles. The van der Waals surface area contributed by atoms with Crippen LogP contribution in [0.15, 0.2) is 24.3 Å². The molecule has 2 rings (SSSR count). The summed E-state index contributed by atoms with van der Waals surface area (Å²) in [6.45, 7) is 3.23. The number of benzene rings is 1. The molecule has 0 saturated carbocycles. The van der Waals surface area contributed by atoms with Crippen LogP contribution in [0.3, 0.4) is 0 Å². The number of ether oxygens (including phenoxy) is 1. The number of aryl methyl sites for hydroxylation is 3. The van der Waals surface area contributed by atoms with E-state index in [2.05, 4.69) is 10.4 Å². The van der Waals surface area contributed by atoms with Crippen LogP contribution in [0.25, 0.3) is 6.08 Å². The molecule has 0 aliphatic rings. The van der Waals surface area contributed by atoms with Gasteiger partial charge < -0.3 is 10.1 Å². The highest BCUT2D eigenvalue weighted by atomic mass is 35.5. The van der Waals surface area contributed by atoms with Crippen molar-refractivity contribution in [3.63, 3.8) is 0 Å². The van der Waals surface area contributed by atoms with Crippen LogP contribution in [0.1, 0.15) is 16.8 Å². The van der Waals surface area contributed by atoms with Gasteiger partial charge in [0.05, 0.1) is 5.69 Å². The maximum Gasteiger partial charge on any atom is 0.331 e. The maximum atomic E-state index is 11.8. The van der Waals surface area contributed by atoms with Gasteiger partial charge >= 0.3 is 5.97 Å². The molecular weight excluding hydrogens is 365 g/mol. The number of nitrogens with one attached hydrogen (secondary N) is 1. The second-order valence-electron chi connectivity index (χ2n) is 5.37. The molecule has 25 heavy (non-hydrogen) atoms. The third-order valence-electron chi connectivity index (χ3n) is 3.38. The summed E-state index contributed by atoms with van der Waals surface area (Å²) < 4.78 is 6.40. The lowest BCUT2D eigenvalue weighted by molar-refractivity contribution is -0.142. The number of carbonyl (C=O) groups excluding carboxylic acids is 2. The molecular formula is C17H17Cl2N3O3. The smallest absolute Gasteiger partial charge is 0.331 e. The van der Waals surface area contributed by atoms with E-state index >= 15 is 0 Å². The zero-order chi connectivity index (χ0) is 18.6. The quantitative estimate of drug-likeness (QED) is 0.634. The number of aromatic nitrogens is 2. The van der Waals surface area contributed by atoms with Crippen LogP contribution in [-0.2, 0) is 21.4 Å². The Morgan fingerprint density at radius 3 is 2.64 bits per heavy atom. The predicted molar refractivity (Wildman–Crippen MR) is 97.8 cm³/mol. The Balaban J connectivity index is 1.87. The third-order valence-corrected chi connectivity index (χ3v) is 4.24. The number of hydrogen-bond donors (Lipinski definition) is 1. The minimum absolute atomic E-state index is 0.408. The molecule has 6 nitrogen and oxygen atoms in total. The molecule has 1 N–H and O–H groups in total. The summed E-state index contributed by atoms with van der Waals surface area (Å²) in [4.78, 5) is 23.5. The number of carbonyl (C=O) groups is 2. The third kappa shape index (κ3) is 5.08. The van der Waals surface area contributed by atoms with Crippen molar-refractivity contribution >= 4 is 46.8 Å². The molecule has 8 heteroatoms. The Kier molecular flexibility index (Phi) is 6.22. The predicted octanol–water partition coefficient (Wildman–Crippen LogP) is 3.54. The summed E-state index contributed by atoms with van der Waals surface area (Å²) in [5.74, 6) is -1.12. The zero-order valence-electron chi connectivity index (χ0n) is 14.0. The molecule has 1 aromatic carbocycles. The number of anilines is 1. The lowest BCUT2D eigenvalue weighted by Gasteiger charge is -2.07. The van der Waals surface area contributed by atoms with Crippen molar-refractivity contribution in [1.82, 2.24) is 9.78 Å². The Morgan fingerprint density at radius 1 is 1.32 bits per heavy atom. The minimum atomic E-state index is -0.656. The normalized spacial score (nSPS) is 10.9. The lowest BCUT2D eigenvalue weighted by Crippen LogP contribution is -2.20. The molecule has 0 atom stereocenters. The van der Waals surface area contributed by atoms with Gasteiger partial charge in [0.2, 0.25) is 0 Å². The topological polar surface area (TPSA) is 73.2 Å². The fourth-order valence-corrected chi connectivity index (χ4v) is 2.46. The van der Waals surface area contributed by atoms with Crippen molar-refractivity contribution < 1.29 is 14.3 Å². The second kappa shape index (κ2) is 8.18. The average Bonchev–Trinajstić information content (AvgIpc) is 2.79. The monoisotopic (exact) mass is 381 g/mol. The zero-order valence-corrected chi connectivity index (χ0v) is 15.5. The van der Waals surface area contributed by atoms with Crippen LogP contribution in [0, 0.1) is 13.8 Å². The molecule has 0 saturated heterocycles. The molecule has 0 bridgehead atoms. The SMILES string of the molecule is Cc1ccc(NC(=O)COC(=O)/C=C/c2c(C)nn(C)c2Cl)cc1Cl. The summed E-state index contributed by atoms with van der Waals surface area (Å²) in [5, 5.41) is 7.69. The van der Waals surface area contributed by atoms with Crippen molar-refractivity contribution in [2.75, 3.05) is 11.9 Å². The Bertz CT molecular complexity index is 844. The number of amides is 1. The van der Waals surface area contributed by atoms with Crippen LogP contribution >= 0.6 is 23.2 Å². The van der Waals surface area contributed by atoms with Gasteiger partial charge in [-0.25, -0.2) is 4.79 Å². The second-order valence-corrected chi connectivity index (χ2v) is 6.13. The number of rotatable bonds is 5. The standard InChI is InChI=1S/C17H17Cl2N3O3/c1-10-4-5-12(8-14(10)18)20-15(23)9-25-16(24)7-6-13-11(2)21-22(3)17(13)19/h4-8H,9H2,1-3H3,(H,20,23)/b7-6+. The summed E-state index contributed by atoms with van der Waals surface area (Å²) in [6, 6.07) is 5.13. The summed E-state index contributed by atoms with van der Waals surface area (Å²) in [7, 11) is 1.70. The Hall–Kier alpha value is -2.31. The van der Waals surface area contributed by atoms with Crippen LogP contribution in [0.2, 0.25) is 10.2 Å². The van der Waals surface area contributed by atoms with Crippen molar-refractivity contribution in [2.24, 2.45) is 7.05 Å². The van der Waals surface area contributed by atoms with E-state index in [4.69, 9.17) is 27.9 Å². The molecule has 2 aromatic rings. The molecule has 0 fully saturated rings. The molecule has 0 unspecified atom stereocenters. The van der Waals surface area contributed by atoms with Crippen molar-refractivity contribution in [2.45, 2.75) is 13.8 Å². The van der Waals surface area contributed by atoms with E-state index in [0.29, 0.717) is 27.1 Å². The van der Waals surface area contributed by atoms with Gasteiger partial charge in [-0.15, -0.1) is 0 Å². The van der Waals surface area contributed by atoms with E-state index in [1.165, 1.54) is 16.8 Å². The molecule has 0 spiro atoms. The van der Waals surface area contributed by atoms with Gasteiger partial charge in [-0.3, -0.25) is 9.48 Å². The molecule has 1 amide bonds. The van der Waals surface area contributed by atoms with Crippen LogP contribution in [0.5, 0.6) is 0 Å². The van der Waals surface area contributed by atoms with Crippen LogP contribution in [-0.4, -0.2) is 28.3 Å². The van der Waals surface area contributed by atoms with Gasteiger partial charge in [0, 0.05) is 29.4 Å². The highest BCUT2D eigenvalue weighted by molar-refractivity contribution is 6.31. The largest absolute Gasteiger partial charge is 0.452 e. The Labute approximate surface area is 155 Å². The molecule has 0 aliphatic carbocycles. The van der Waals surface area contributed by atoms with Crippen molar-refractivity contribution in [3.05, 3.63) is 51.3 Å². The highest BCUT2D eigenvalue weighted by Crippen LogP contribution is 2.20. The van der Waals surface area contributed by atoms with Crippen molar-refractivity contribution in [1.29, 1.82) is 0 Å². The van der Waals surface area contributed by atoms with Gasteiger partial charge in [0.1, 0.15) is 5.15 Å². The fourth-order valence-electron chi connectivity index (χ4n) is 2.04. The number of hydrogen-bond acceptors (Lipinski definition) is 4.